The van der Waals surface area contributed by atoms with Crippen molar-refractivity contribution in [3.8, 4) is 22.9 Å². The minimum Gasteiger partial charge on any atom is -0.497 e. The molecular formula is C52H46N2O2. The summed E-state index contributed by atoms with van der Waals surface area (Å²) in [4.78, 5) is 0. The Labute approximate surface area is 327 Å². The third-order valence-corrected chi connectivity index (χ3v) is 12.0. The molecule has 0 atom stereocenters. The second-order valence-electron chi connectivity index (χ2n) is 17.3. The molecule has 0 spiro atoms. The predicted molar refractivity (Wildman–Crippen MR) is 238 cm³/mol. The molecule has 8 aromatic carbocycles. The molecule has 0 bridgehead atoms. The molecule has 10 rings (SSSR count). The Bertz CT molecular complexity index is 2980. The van der Waals surface area contributed by atoms with E-state index in [9.17, 15) is 0 Å². The highest BCUT2D eigenvalue weighted by atomic mass is 16.5. The molecule has 0 aliphatic rings. The highest BCUT2D eigenvalue weighted by molar-refractivity contribution is 6.39. The van der Waals surface area contributed by atoms with Gasteiger partial charge >= 0.3 is 0 Å². The summed E-state index contributed by atoms with van der Waals surface area (Å²) in [5.74, 6) is 1.70. The van der Waals surface area contributed by atoms with E-state index in [4.69, 9.17) is 9.47 Å². The maximum atomic E-state index is 5.84. The van der Waals surface area contributed by atoms with Crippen LogP contribution < -0.4 is 9.47 Å². The van der Waals surface area contributed by atoms with Gasteiger partial charge < -0.3 is 18.6 Å². The minimum absolute atomic E-state index is 0.0253. The lowest BCUT2D eigenvalue weighted by Crippen LogP contribution is -2.10. The number of aromatic nitrogens is 2. The van der Waals surface area contributed by atoms with Gasteiger partial charge in [0.25, 0.3) is 0 Å². The fourth-order valence-electron chi connectivity index (χ4n) is 9.13. The van der Waals surface area contributed by atoms with Crippen LogP contribution in [0.3, 0.4) is 0 Å². The third kappa shape index (κ3) is 4.91. The standard InChI is InChI=1S/C52H46N2O2/c1-51(2,3)31-17-21-33(22-18-31)53-47-41-27-25-35(55-7)29-43(41)37-13-9-11-15-39(37)45(47)50-49(53)46-40-16-12-10-14-38(40)44-30-36(56-8)26-28-42(44)48(46)54(50)34-23-19-32(20-24-34)52(4,5)6/h9-30H,1-8H3. The molecule has 2 heterocycles. The maximum absolute atomic E-state index is 5.84. The fourth-order valence-corrected chi connectivity index (χ4v) is 9.13. The van der Waals surface area contributed by atoms with Crippen molar-refractivity contribution in [1.29, 1.82) is 0 Å². The van der Waals surface area contributed by atoms with E-state index in [0.29, 0.717) is 0 Å². The van der Waals surface area contributed by atoms with Gasteiger partial charge in [-0.3, -0.25) is 0 Å². The van der Waals surface area contributed by atoms with Crippen LogP contribution in [0, 0.1) is 0 Å². The summed E-state index contributed by atoms with van der Waals surface area (Å²) in [6, 6.07) is 49.4. The van der Waals surface area contributed by atoms with Crippen LogP contribution in [-0.4, -0.2) is 23.4 Å². The van der Waals surface area contributed by atoms with Crippen LogP contribution in [0.15, 0.2) is 133 Å². The Morgan fingerprint density at radius 1 is 0.357 bits per heavy atom. The maximum Gasteiger partial charge on any atom is 0.119 e. The van der Waals surface area contributed by atoms with Crippen LogP contribution in [0.25, 0.3) is 87.3 Å². The topological polar surface area (TPSA) is 28.3 Å². The molecule has 0 saturated heterocycles. The number of methoxy groups -OCH3 is 2. The molecule has 10 aromatic rings. The molecule has 0 amide bonds. The molecular weight excluding hydrogens is 685 g/mol. The molecule has 0 aliphatic heterocycles. The zero-order valence-corrected chi connectivity index (χ0v) is 33.4. The molecule has 56 heavy (non-hydrogen) atoms. The number of fused-ring (bicyclic) bond motifs is 15. The zero-order chi connectivity index (χ0) is 38.7. The first kappa shape index (κ1) is 34.2. The monoisotopic (exact) mass is 730 g/mol. The van der Waals surface area contributed by atoms with Crippen LogP contribution in [0.1, 0.15) is 52.7 Å². The highest BCUT2D eigenvalue weighted by Crippen LogP contribution is 2.50. The van der Waals surface area contributed by atoms with Crippen molar-refractivity contribution in [3.63, 3.8) is 0 Å². The molecule has 2 aromatic heterocycles. The third-order valence-electron chi connectivity index (χ3n) is 12.0. The lowest BCUT2D eigenvalue weighted by molar-refractivity contribution is 0.415. The first-order valence-electron chi connectivity index (χ1n) is 19.6. The smallest absolute Gasteiger partial charge is 0.119 e. The van der Waals surface area contributed by atoms with Crippen LogP contribution in [-0.2, 0) is 10.8 Å². The van der Waals surface area contributed by atoms with Gasteiger partial charge in [0.05, 0.1) is 36.3 Å². The van der Waals surface area contributed by atoms with Gasteiger partial charge in [-0.2, -0.15) is 0 Å². The van der Waals surface area contributed by atoms with Gasteiger partial charge in [-0.05, 0) is 115 Å². The van der Waals surface area contributed by atoms with Crippen molar-refractivity contribution < 1.29 is 9.47 Å². The first-order valence-corrected chi connectivity index (χ1v) is 19.6. The number of nitrogens with zero attached hydrogens (tertiary/aromatic N) is 2. The summed E-state index contributed by atoms with van der Waals surface area (Å²) in [6.07, 6.45) is 0. The number of rotatable bonds is 4. The summed E-state index contributed by atoms with van der Waals surface area (Å²) in [5, 5.41) is 12.0. The van der Waals surface area contributed by atoms with E-state index in [2.05, 4.69) is 184 Å². The molecule has 0 unspecified atom stereocenters. The van der Waals surface area contributed by atoms with Gasteiger partial charge in [-0.25, -0.2) is 0 Å². The van der Waals surface area contributed by atoms with Crippen molar-refractivity contribution >= 4 is 75.9 Å². The Hall–Kier alpha value is -6.26. The second kappa shape index (κ2) is 12.1. The average Bonchev–Trinajstić information content (AvgIpc) is 3.73. The lowest BCUT2D eigenvalue weighted by atomic mass is 9.87. The van der Waals surface area contributed by atoms with Crippen molar-refractivity contribution in [3.05, 3.63) is 145 Å². The normalized spacial score (nSPS) is 12.6. The average molecular weight is 731 g/mol. The summed E-state index contributed by atoms with van der Waals surface area (Å²) < 4.78 is 16.8. The van der Waals surface area contributed by atoms with E-state index >= 15 is 0 Å². The number of hydrogen-bond donors (Lipinski definition) is 0. The second-order valence-corrected chi connectivity index (χ2v) is 17.3. The van der Waals surface area contributed by atoms with Gasteiger partial charge in [-0.15, -0.1) is 0 Å². The Balaban J connectivity index is 1.54. The molecule has 0 saturated carbocycles. The van der Waals surface area contributed by atoms with E-state index in [1.54, 1.807) is 14.2 Å². The summed E-state index contributed by atoms with van der Waals surface area (Å²) in [5.41, 5.74) is 9.70. The van der Waals surface area contributed by atoms with Gasteiger partial charge in [0, 0.05) is 32.9 Å². The highest BCUT2D eigenvalue weighted by Gasteiger charge is 2.29. The first-order chi connectivity index (χ1) is 27.0. The van der Waals surface area contributed by atoms with Gasteiger partial charge in [0.15, 0.2) is 0 Å². The van der Waals surface area contributed by atoms with Crippen LogP contribution in [0.2, 0.25) is 0 Å². The fraction of sp³-hybridized carbons (Fsp3) is 0.192. The summed E-state index contributed by atoms with van der Waals surface area (Å²) in [7, 11) is 3.50. The van der Waals surface area contributed by atoms with Crippen LogP contribution in [0.4, 0.5) is 0 Å². The Morgan fingerprint density at radius 2 is 0.714 bits per heavy atom. The summed E-state index contributed by atoms with van der Waals surface area (Å²) >= 11 is 0. The van der Waals surface area contributed by atoms with Crippen molar-refractivity contribution in [2.45, 2.75) is 52.4 Å². The Morgan fingerprint density at radius 3 is 1.05 bits per heavy atom. The van der Waals surface area contributed by atoms with Gasteiger partial charge in [0.1, 0.15) is 11.5 Å². The quantitative estimate of drug-likeness (QED) is 0.169. The van der Waals surface area contributed by atoms with Gasteiger partial charge in [0.2, 0.25) is 0 Å². The van der Waals surface area contributed by atoms with Crippen LogP contribution in [0.5, 0.6) is 11.5 Å². The molecule has 4 nitrogen and oxygen atoms in total. The SMILES string of the molecule is COc1ccc2c(c1)c1ccccc1c1c2n(-c2ccc(C(C)(C)C)cc2)c2c3c4ccccc4c4cc(OC)ccc4c3n(-c3ccc(C(C)(C)C)cc3)c12. The van der Waals surface area contributed by atoms with Crippen molar-refractivity contribution in [2.75, 3.05) is 14.2 Å². The largest absolute Gasteiger partial charge is 0.497 e. The molecule has 0 fully saturated rings. The number of ether oxygens (including phenoxy) is 2. The van der Waals surface area contributed by atoms with Crippen LogP contribution >= 0.6 is 0 Å². The molecule has 0 radical (unpaired) electrons. The Kier molecular flexibility index (Phi) is 7.41. The molecule has 4 heteroatoms. The van der Waals surface area contributed by atoms with E-state index in [0.717, 1.165) is 22.9 Å². The number of hydrogen-bond acceptors (Lipinski definition) is 2. The van der Waals surface area contributed by atoms with Crippen molar-refractivity contribution in [1.82, 2.24) is 9.13 Å². The molecule has 0 aliphatic carbocycles. The van der Waals surface area contributed by atoms with E-state index in [-0.39, 0.29) is 10.8 Å². The van der Waals surface area contributed by atoms with E-state index < -0.39 is 0 Å². The zero-order valence-electron chi connectivity index (χ0n) is 33.4. The minimum atomic E-state index is 0.0253. The summed E-state index contributed by atoms with van der Waals surface area (Å²) in [6.45, 7) is 13.7. The van der Waals surface area contributed by atoms with E-state index in [1.165, 1.54) is 87.1 Å². The lowest BCUT2D eigenvalue weighted by Gasteiger charge is -2.20. The van der Waals surface area contributed by atoms with Gasteiger partial charge in [-0.1, -0.05) is 114 Å². The molecule has 0 N–H and O–H groups in total. The molecule has 276 valence electrons. The predicted octanol–water partition coefficient (Wildman–Crippen LogP) is 14.0. The van der Waals surface area contributed by atoms with Crippen molar-refractivity contribution in [2.24, 2.45) is 0 Å². The number of benzene rings is 8. The van der Waals surface area contributed by atoms with E-state index in [1.807, 2.05) is 0 Å².